The molecule has 2 rings (SSSR count). The molecule has 2 aromatic rings. The number of fused-ring (bicyclic) bond motifs is 1. The number of anilines is 1. The zero-order chi connectivity index (χ0) is 9.42. The monoisotopic (exact) mass is 255 g/mol. The maximum Gasteiger partial charge on any atom is 0.151 e. The largest absolute Gasteiger partial charge is 0.398 e. The summed E-state index contributed by atoms with van der Waals surface area (Å²) in [4.78, 5) is 10.8. The van der Waals surface area contributed by atoms with Gasteiger partial charge in [0.15, 0.2) is 6.29 Å². The number of nitrogen functional groups attached to an aromatic ring is 1. The van der Waals surface area contributed by atoms with Crippen LogP contribution in [0.3, 0.4) is 0 Å². The maximum atomic E-state index is 10.8. The number of carbonyl (C=O) groups is 1. The van der Waals surface area contributed by atoms with Gasteiger partial charge in [-0.15, -0.1) is 11.3 Å². The van der Waals surface area contributed by atoms with Crippen molar-refractivity contribution in [3.8, 4) is 0 Å². The molecule has 0 fully saturated rings. The van der Waals surface area contributed by atoms with E-state index in [0.29, 0.717) is 11.3 Å². The smallest absolute Gasteiger partial charge is 0.151 e. The third-order valence-corrected chi connectivity index (χ3v) is 3.49. The molecule has 0 saturated carbocycles. The molecule has 0 amide bonds. The van der Waals surface area contributed by atoms with Crippen LogP contribution in [0.2, 0.25) is 0 Å². The summed E-state index contributed by atoms with van der Waals surface area (Å²) in [7, 11) is 0. The number of nitrogens with two attached hydrogens (primary N) is 1. The second-order valence-electron chi connectivity index (χ2n) is 2.64. The first-order valence-electron chi connectivity index (χ1n) is 3.64. The highest BCUT2D eigenvalue weighted by molar-refractivity contribution is 9.10. The van der Waals surface area contributed by atoms with Crippen molar-refractivity contribution in [2.24, 2.45) is 0 Å². The lowest BCUT2D eigenvalue weighted by molar-refractivity contribution is 0.112. The van der Waals surface area contributed by atoms with Gasteiger partial charge >= 0.3 is 0 Å². The van der Waals surface area contributed by atoms with Crippen molar-refractivity contribution < 1.29 is 4.79 Å². The maximum absolute atomic E-state index is 10.8. The summed E-state index contributed by atoms with van der Waals surface area (Å²) in [5.41, 5.74) is 7.17. The van der Waals surface area contributed by atoms with Gasteiger partial charge in [-0.25, -0.2) is 0 Å². The Balaban J connectivity index is 2.96. The van der Waals surface area contributed by atoms with Gasteiger partial charge in [-0.3, -0.25) is 4.79 Å². The molecule has 0 radical (unpaired) electrons. The van der Waals surface area contributed by atoms with E-state index in [0.717, 1.165) is 20.8 Å². The summed E-state index contributed by atoms with van der Waals surface area (Å²) in [5.74, 6) is 0. The number of thiophene rings is 1. The second kappa shape index (κ2) is 3.12. The van der Waals surface area contributed by atoms with Gasteiger partial charge in [-0.1, -0.05) is 0 Å². The van der Waals surface area contributed by atoms with Crippen LogP contribution in [-0.2, 0) is 0 Å². The van der Waals surface area contributed by atoms with Crippen molar-refractivity contribution in [1.29, 1.82) is 0 Å². The first kappa shape index (κ1) is 8.72. The minimum absolute atomic E-state index is 0.672. The summed E-state index contributed by atoms with van der Waals surface area (Å²) in [6.07, 6.45) is 0.846. The zero-order valence-corrected chi connectivity index (χ0v) is 8.98. The van der Waals surface area contributed by atoms with Crippen LogP contribution < -0.4 is 5.73 Å². The van der Waals surface area contributed by atoms with Crippen LogP contribution >= 0.6 is 27.3 Å². The molecule has 0 aliphatic heterocycles. The summed E-state index contributed by atoms with van der Waals surface area (Å²) in [6, 6.07) is 3.67. The van der Waals surface area contributed by atoms with Gasteiger partial charge in [0.05, 0.1) is 10.4 Å². The molecule has 0 atom stereocenters. The van der Waals surface area contributed by atoms with Gasteiger partial charge in [-0.2, -0.15) is 0 Å². The molecule has 1 aromatic heterocycles. The number of hydrogen-bond acceptors (Lipinski definition) is 3. The first-order chi connectivity index (χ1) is 6.24. The molecule has 4 heteroatoms. The Morgan fingerprint density at radius 1 is 1.54 bits per heavy atom. The van der Waals surface area contributed by atoms with E-state index in [1.165, 1.54) is 0 Å². The molecule has 13 heavy (non-hydrogen) atoms. The van der Waals surface area contributed by atoms with Crippen LogP contribution in [0.25, 0.3) is 10.1 Å². The Bertz CT molecular complexity index is 478. The van der Waals surface area contributed by atoms with E-state index in [-0.39, 0.29) is 0 Å². The number of carbonyl (C=O) groups excluding carboxylic acids is 1. The first-order valence-corrected chi connectivity index (χ1v) is 5.31. The lowest BCUT2D eigenvalue weighted by Gasteiger charge is -2.01. The molecular weight excluding hydrogens is 250 g/mol. The highest BCUT2D eigenvalue weighted by Crippen LogP contribution is 2.33. The molecule has 2 nitrogen and oxygen atoms in total. The third kappa shape index (κ3) is 1.26. The number of rotatable bonds is 1. The van der Waals surface area contributed by atoms with Crippen molar-refractivity contribution in [2.75, 3.05) is 5.73 Å². The number of halogens is 1. The normalized spacial score (nSPS) is 10.5. The molecule has 66 valence electrons. The summed E-state index contributed by atoms with van der Waals surface area (Å²) < 4.78 is 1.73. The molecule has 0 bridgehead atoms. The predicted octanol–water partition coefficient (Wildman–Crippen LogP) is 3.06. The van der Waals surface area contributed by atoms with Crippen molar-refractivity contribution >= 4 is 49.3 Å². The summed E-state index contributed by atoms with van der Waals surface area (Å²) in [6.45, 7) is 0. The average molecular weight is 256 g/mol. The highest BCUT2D eigenvalue weighted by atomic mass is 79.9. The molecule has 2 N–H and O–H groups in total. The fourth-order valence-corrected chi connectivity index (χ4v) is 2.67. The quantitative estimate of drug-likeness (QED) is 0.629. The number of benzene rings is 1. The molecule has 0 spiro atoms. The van der Waals surface area contributed by atoms with Gasteiger partial charge in [0.1, 0.15) is 0 Å². The van der Waals surface area contributed by atoms with E-state index < -0.39 is 0 Å². The molecular formula is C9H6BrNOS. The number of hydrogen-bond donors (Lipinski definition) is 1. The van der Waals surface area contributed by atoms with E-state index in [4.69, 9.17) is 5.73 Å². The Morgan fingerprint density at radius 3 is 3.00 bits per heavy atom. The van der Waals surface area contributed by atoms with E-state index in [2.05, 4.69) is 15.9 Å². The van der Waals surface area contributed by atoms with Crippen LogP contribution in [0.5, 0.6) is 0 Å². The molecule has 1 heterocycles. The molecule has 0 saturated heterocycles. The average Bonchev–Trinajstić information content (AvgIpc) is 2.53. The fourth-order valence-electron chi connectivity index (χ4n) is 1.27. The van der Waals surface area contributed by atoms with Crippen LogP contribution in [-0.4, -0.2) is 6.29 Å². The zero-order valence-electron chi connectivity index (χ0n) is 6.58. The second-order valence-corrected chi connectivity index (χ2v) is 4.41. The summed E-state index contributed by atoms with van der Waals surface area (Å²) >= 11 is 4.85. The molecule has 0 aliphatic carbocycles. The van der Waals surface area contributed by atoms with E-state index in [9.17, 15) is 4.79 Å². The fraction of sp³-hybridized carbons (Fsp3) is 0. The third-order valence-electron chi connectivity index (χ3n) is 1.87. The number of aldehydes is 1. The van der Waals surface area contributed by atoms with E-state index in [1.54, 1.807) is 17.4 Å². The SMILES string of the molecule is Nc1cc(Br)c(C=O)c2ccsc12. The Kier molecular flexibility index (Phi) is 2.09. The topological polar surface area (TPSA) is 43.1 Å². The molecule has 0 unspecified atom stereocenters. The standard InChI is InChI=1S/C9H6BrNOS/c10-7-3-8(11)9-5(1-2-13-9)6(7)4-12/h1-4H,11H2. The van der Waals surface area contributed by atoms with Crippen molar-refractivity contribution in [1.82, 2.24) is 0 Å². The van der Waals surface area contributed by atoms with Crippen LogP contribution in [0.4, 0.5) is 5.69 Å². The van der Waals surface area contributed by atoms with Gasteiger partial charge < -0.3 is 5.73 Å². The van der Waals surface area contributed by atoms with Crippen molar-refractivity contribution in [2.45, 2.75) is 0 Å². The minimum Gasteiger partial charge on any atom is -0.398 e. The highest BCUT2D eigenvalue weighted by Gasteiger charge is 2.08. The van der Waals surface area contributed by atoms with Crippen LogP contribution in [0.1, 0.15) is 10.4 Å². The van der Waals surface area contributed by atoms with Gasteiger partial charge in [0.2, 0.25) is 0 Å². The lowest BCUT2D eigenvalue weighted by atomic mass is 10.1. The van der Waals surface area contributed by atoms with Gasteiger partial charge in [0, 0.05) is 15.4 Å². The molecule has 0 aliphatic rings. The van der Waals surface area contributed by atoms with E-state index >= 15 is 0 Å². The van der Waals surface area contributed by atoms with Crippen LogP contribution in [0.15, 0.2) is 22.0 Å². The Morgan fingerprint density at radius 2 is 2.31 bits per heavy atom. The van der Waals surface area contributed by atoms with Crippen LogP contribution in [0, 0.1) is 0 Å². The van der Waals surface area contributed by atoms with Gasteiger partial charge in [0.25, 0.3) is 0 Å². The van der Waals surface area contributed by atoms with E-state index in [1.807, 2.05) is 11.4 Å². The van der Waals surface area contributed by atoms with Crippen molar-refractivity contribution in [3.05, 3.63) is 27.5 Å². The van der Waals surface area contributed by atoms with Crippen molar-refractivity contribution in [3.63, 3.8) is 0 Å². The Labute approximate surface area is 87.5 Å². The Hall–Kier alpha value is -0.870. The lowest BCUT2D eigenvalue weighted by Crippen LogP contribution is -1.89. The summed E-state index contributed by atoms with van der Waals surface area (Å²) in [5, 5.41) is 2.85. The minimum atomic E-state index is 0.672. The predicted molar refractivity (Wildman–Crippen MR) is 59.3 cm³/mol. The molecule has 1 aromatic carbocycles. The van der Waals surface area contributed by atoms with Gasteiger partial charge in [-0.05, 0) is 33.4 Å².